The first kappa shape index (κ1) is 27.1. The van der Waals surface area contributed by atoms with E-state index in [2.05, 4.69) is 15.3 Å². The van der Waals surface area contributed by atoms with Crippen LogP contribution in [0.15, 0.2) is 91.4 Å². The Morgan fingerprint density at radius 1 is 0.846 bits per heavy atom. The zero-order valence-electron chi connectivity index (χ0n) is 22.0. The van der Waals surface area contributed by atoms with Crippen LogP contribution < -0.4 is 19.5 Å². The van der Waals surface area contributed by atoms with Crippen molar-refractivity contribution in [2.24, 2.45) is 0 Å². The molecule has 0 fully saturated rings. The lowest BCUT2D eigenvalue weighted by atomic mass is 10.0. The quantitative estimate of drug-likeness (QED) is 0.312. The van der Waals surface area contributed by atoms with Crippen LogP contribution >= 0.6 is 0 Å². The zero-order valence-corrected chi connectivity index (χ0v) is 22.0. The van der Waals surface area contributed by atoms with Crippen molar-refractivity contribution in [2.75, 3.05) is 21.3 Å². The van der Waals surface area contributed by atoms with Gasteiger partial charge in [-0.3, -0.25) is 14.6 Å². The van der Waals surface area contributed by atoms with Crippen LogP contribution in [0.5, 0.6) is 17.2 Å². The van der Waals surface area contributed by atoms with E-state index in [1.54, 1.807) is 25.3 Å². The van der Waals surface area contributed by atoms with Crippen LogP contribution in [0.25, 0.3) is 0 Å². The van der Waals surface area contributed by atoms with Gasteiger partial charge in [-0.1, -0.05) is 48.5 Å². The summed E-state index contributed by atoms with van der Waals surface area (Å²) in [7, 11) is 4.63. The van der Waals surface area contributed by atoms with E-state index in [-0.39, 0.29) is 24.7 Å². The Bertz CT molecular complexity index is 1400. The van der Waals surface area contributed by atoms with E-state index in [1.807, 2.05) is 54.6 Å². The molecule has 0 saturated heterocycles. The van der Waals surface area contributed by atoms with Crippen molar-refractivity contribution in [1.82, 2.24) is 20.2 Å². The van der Waals surface area contributed by atoms with E-state index in [0.717, 1.165) is 11.1 Å². The molecule has 1 N–H and O–H groups in total. The molecule has 2 amide bonds. The van der Waals surface area contributed by atoms with Crippen molar-refractivity contribution in [2.45, 2.75) is 19.1 Å². The second-order valence-corrected chi connectivity index (χ2v) is 8.60. The molecule has 0 aliphatic heterocycles. The van der Waals surface area contributed by atoms with Crippen LogP contribution in [-0.4, -0.2) is 48.0 Å². The molecule has 1 aromatic heterocycles. The highest BCUT2D eigenvalue weighted by molar-refractivity contribution is 5.96. The topological polar surface area (TPSA) is 103 Å². The minimum absolute atomic E-state index is 0.102. The number of carbonyl (C=O) groups is 2. The Hall–Kier alpha value is -4.92. The number of rotatable bonds is 11. The molecule has 0 spiro atoms. The van der Waals surface area contributed by atoms with Gasteiger partial charge in [-0.05, 0) is 41.0 Å². The summed E-state index contributed by atoms with van der Waals surface area (Å²) in [5.74, 6) is 0.746. The summed E-state index contributed by atoms with van der Waals surface area (Å²) in [6, 6.07) is 21.0. The van der Waals surface area contributed by atoms with Crippen LogP contribution in [-0.2, 0) is 17.9 Å². The summed E-state index contributed by atoms with van der Waals surface area (Å²) in [5, 5.41) is 2.99. The third-order valence-electron chi connectivity index (χ3n) is 6.12. The molecular formula is C30H30N4O5. The third-order valence-corrected chi connectivity index (χ3v) is 6.12. The number of ether oxygens (including phenoxy) is 3. The summed E-state index contributed by atoms with van der Waals surface area (Å²) in [6.07, 6.45) is 4.31. The first-order chi connectivity index (χ1) is 19.0. The number of nitrogens with one attached hydrogen (secondary N) is 1. The molecule has 9 heteroatoms. The van der Waals surface area contributed by atoms with Crippen LogP contribution in [0.2, 0.25) is 0 Å². The summed E-state index contributed by atoms with van der Waals surface area (Å²) in [4.78, 5) is 37.6. The summed E-state index contributed by atoms with van der Waals surface area (Å²) in [5.41, 5.74) is 2.35. The number of methoxy groups -OCH3 is 3. The Balaban J connectivity index is 1.80. The highest BCUT2D eigenvalue weighted by Crippen LogP contribution is 2.33. The van der Waals surface area contributed by atoms with Crippen LogP contribution in [0.3, 0.4) is 0 Å². The number of nitrogens with zero attached hydrogens (tertiary/aromatic N) is 3. The van der Waals surface area contributed by atoms with E-state index < -0.39 is 11.9 Å². The lowest BCUT2D eigenvalue weighted by Crippen LogP contribution is -2.43. The number of benzene rings is 3. The standard InChI is InChI=1S/C30H30N4O5/c1-37-24-11-7-10-22(16-24)20-34(30(36)25-19-31-14-15-32-25)28(23-12-13-26(38-2)27(17-23)39-3)29(35)33-18-21-8-5-4-6-9-21/h4-17,19,28H,18,20H2,1-3H3,(H,33,35). The average Bonchev–Trinajstić information content (AvgIpc) is 3.00. The van der Waals surface area contributed by atoms with Crippen molar-refractivity contribution in [3.05, 3.63) is 114 Å². The summed E-state index contributed by atoms with van der Waals surface area (Å²) < 4.78 is 16.3. The van der Waals surface area contributed by atoms with Gasteiger partial charge >= 0.3 is 0 Å². The fourth-order valence-electron chi connectivity index (χ4n) is 4.18. The molecular weight excluding hydrogens is 496 g/mol. The van der Waals surface area contributed by atoms with Gasteiger partial charge in [0, 0.05) is 25.5 Å². The third kappa shape index (κ3) is 6.70. The Morgan fingerprint density at radius 3 is 2.31 bits per heavy atom. The molecule has 1 atom stereocenters. The van der Waals surface area contributed by atoms with Gasteiger partial charge in [0.15, 0.2) is 11.5 Å². The van der Waals surface area contributed by atoms with Gasteiger partial charge in [-0.15, -0.1) is 0 Å². The molecule has 0 aliphatic carbocycles. The molecule has 4 rings (SSSR count). The maximum Gasteiger partial charge on any atom is 0.275 e. The second kappa shape index (κ2) is 13.0. The second-order valence-electron chi connectivity index (χ2n) is 8.60. The monoisotopic (exact) mass is 526 g/mol. The molecule has 39 heavy (non-hydrogen) atoms. The van der Waals surface area contributed by atoms with E-state index in [9.17, 15) is 9.59 Å². The average molecular weight is 527 g/mol. The lowest BCUT2D eigenvalue weighted by Gasteiger charge is -2.31. The minimum atomic E-state index is -1.03. The molecule has 0 radical (unpaired) electrons. The van der Waals surface area contributed by atoms with Gasteiger partial charge in [0.25, 0.3) is 5.91 Å². The Morgan fingerprint density at radius 2 is 1.62 bits per heavy atom. The molecule has 0 saturated carbocycles. The molecule has 1 heterocycles. The number of carbonyl (C=O) groups excluding carboxylic acids is 2. The highest BCUT2D eigenvalue weighted by Gasteiger charge is 2.33. The highest BCUT2D eigenvalue weighted by atomic mass is 16.5. The minimum Gasteiger partial charge on any atom is -0.497 e. The molecule has 200 valence electrons. The van der Waals surface area contributed by atoms with E-state index in [0.29, 0.717) is 22.8 Å². The zero-order chi connectivity index (χ0) is 27.6. The van der Waals surface area contributed by atoms with E-state index in [1.165, 1.54) is 37.7 Å². The molecule has 0 aliphatic rings. The SMILES string of the molecule is COc1cccc(CN(C(=O)c2cnccn2)C(C(=O)NCc2ccccc2)c2ccc(OC)c(OC)c2)c1. The summed E-state index contributed by atoms with van der Waals surface area (Å²) in [6.45, 7) is 0.389. The molecule has 3 aromatic carbocycles. The van der Waals surface area contributed by atoms with Crippen molar-refractivity contribution >= 4 is 11.8 Å². The maximum atomic E-state index is 13.9. The largest absolute Gasteiger partial charge is 0.497 e. The lowest BCUT2D eigenvalue weighted by molar-refractivity contribution is -0.126. The van der Waals surface area contributed by atoms with Gasteiger partial charge in [0.05, 0.1) is 27.5 Å². The number of amides is 2. The van der Waals surface area contributed by atoms with Gasteiger partial charge in [0.2, 0.25) is 5.91 Å². The van der Waals surface area contributed by atoms with Gasteiger partial charge < -0.3 is 24.4 Å². The van der Waals surface area contributed by atoms with E-state index in [4.69, 9.17) is 14.2 Å². The molecule has 1 unspecified atom stereocenters. The maximum absolute atomic E-state index is 13.9. The number of hydrogen-bond donors (Lipinski definition) is 1. The number of hydrogen-bond acceptors (Lipinski definition) is 7. The normalized spacial score (nSPS) is 11.3. The van der Waals surface area contributed by atoms with Crippen molar-refractivity contribution in [3.63, 3.8) is 0 Å². The molecule has 9 nitrogen and oxygen atoms in total. The first-order valence-electron chi connectivity index (χ1n) is 12.3. The fraction of sp³-hybridized carbons (Fsp3) is 0.200. The smallest absolute Gasteiger partial charge is 0.275 e. The number of aromatic nitrogens is 2. The van der Waals surface area contributed by atoms with Crippen LogP contribution in [0, 0.1) is 0 Å². The summed E-state index contributed by atoms with van der Waals surface area (Å²) >= 11 is 0. The van der Waals surface area contributed by atoms with Gasteiger partial charge in [0.1, 0.15) is 17.5 Å². The molecule has 0 bridgehead atoms. The van der Waals surface area contributed by atoms with Crippen LogP contribution in [0.1, 0.15) is 33.2 Å². The van der Waals surface area contributed by atoms with Crippen molar-refractivity contribution in [1.29, 1.82) is 0 Å². The Labute approximate surface area is 227 Å². The first-order valence-corrected chi connectivity index (χ1v) is 12.3. The van der Waals surface area contributed by atoms with Gasteiger partial charge in [-0.25, -0.2) is 4.98 Å². The van der Waals surface area contributed by atoms with Crippen molar-refractivity contribution in [3.8, 4) is 17.2 Å². The fourth-order valence-corrected chi connectivity index (χ4v) is 4.18. The van der Waals surface area contributed by atoms with Crippen LogP contribution in [0.4, 0.5) is 0 Å². The van der Waals surface area contributed by atoms with Crippen molar-refractivity contribution < 1.29 is 23.8 Å². The Kier molecular flexibility index (Phi) is 9.07. The molecule has 4 aromatic rings. The predicted octanol–water partition coefficient (Wildman–Crippen LogP) is 4.20. The van der Waals surface area contributed by atoms with Gasteiger partial charge in [-0.2, -0.15) is 0 Å². The van der Waals surface area contributed by atoms with E-state index >= 15 is 0 Å². The predicted molar refractivity (Wildman–Crippen MR) is 145 cm³/mol.